The summed E-state index contributed by atoms with van der Waals surface area (Å²) in [5.74, 6) is -0.477. The minimum atomic E-state index is -1.02. The first-order valence-corrected chi connectivity index (χ1v) is 31.6. The second-order valence-electron chi connectivity index (χ2n) is 19.2. The van der Waals surface area contributed by atoms with E-state index in [0.29, 0.717) is 81.1 Å². The highest BCUT2D eigenvalue weighted by atomic mass is 32.1. The number of phenolic OH excluding ortho intramolecular Hbond substituents is 3. The molecular weight excluding hydrogens is 1270 g/mol. The van der Waals surface area contributed by atoms with E-state index < -0.39 is 17.9 Å². The van der Waals surface area contributed by atoms with Gasteiger partial charge in [-0.3, -0.25) is 14.4 Å². The van der Waals surface area contributed by atoms with Crippen molar-refractivity contribution in [2.45, 2.75) is 20.8 Å². The summed E-state index contributed by atoms with van der Waals surface area (Å²) in [4.78, 5) is 83.4. The first kappa shape index (κ1) is 62.6. The highest BCUT2D eigenvalue weighted by molar-refractivity contribution is 7.23. The molecular formula is C67H46N2O15S6. The number of benzene rings is 6. The Labute approximate surface area is 535 Å². The number of carbonyl (C=O) groups excluding carboxylic acids is 3. The smallest absolute Gasteiger partial charge is 0.328 e. The number of carbonyl (C=O) groups is 6. The van der Waals surface area contributed by atoms with E-state index in [4.69, 9.17) is 29.5 Å². The summed E-state index contributed by atoms with van der Waals surface area (Å²) in [6.07, 6.45) is 10.8. The van der Waals surface area contributed by atoms with Gasteiger partial charge < -0.3 is 44.8 Å². The van der Waals surface area contributed by atoms with E-state index in [1.807, 2.05) is 26.2 Å². The minimum Gasteiger partial charge on any atom is -0.508 e. The van der Waals surface area contributed by atoms with Crippen LogP contribution < -0.4 is 14.2 Å². The lowest BCUT2D eigenvalue weighted by atomic mass is 10.1. The summed E-state index contributed by atoms with van der Waals surface area (Å²) >= 11 is 7.91. The van der Waals surface area contributed by atoms with Gasteiger partial charge in [-0.25, -0.2) is 24.4 Å². The minimum absolute atomic E-state index is 0.106. The van der Waals surface area contributed by atoms with Crippen LogP contribution in [0.5, 0.6) is 51.7 Å². The standard InChI is InChI=1S/C23H16O5S2.2C22H15NO5S2/c1-13-17(10-11-29-13)21(27)23-22(18-8-5-15(24)12-19(18)30-23)28-16-6-2-14(3-7-16)4-9-20(25)26;1-12-23-11-18(29-12)20(27)22-21(16-8-5-14(24)10-17(16)30-22)28-15-6-2-13(3-7-15)4-9-19(25)26;1-12-11-23-22(29-12)19(27)21-20(16-8-5-14(24)10-17(16)30-21)28-15-6-2-13(3-7-15)4-9-18(25)26/h2-12,24H,1H3,(H,25,26);2*2-11,24H,1H3,(H,25,26)/b3*9-4+. The van der Waals surface area contributed by atoms with Gasteiger partial charge in [0.15, 0.2) is 22.3 Å². The number of fused-ring (bicyclic) bond motifs is 3. The third kappa shape index (κ3) is 15.1. The maximum atomic E-state index is 13.2. The van der Waals surface area contributed by atoms with Crippen molar-refractivity contribution in [1.29, 1.82) is 0 Å². The van der Waals surface area contributed by atoms with E-state index in [1.54, 1.807) is 146 Å². The number of ether oxygens (including phenoxy) is 3. The van der Waals surface area contributed by atoms with Crippen LogP contribution in [0.4, 0.5) is 0 Å². The van der Waals surface area contributed by atoms with Gasteiger partial charge in [-0.1, -0.05) is 36.4 Å². The highest BCUT2D eigenvalue weighted by Gasteiger charge is 2.27. The van der Waals surface area contributed by atoms with Crippen molar-refractivity contribution in [2.24, 2.45) is 0 Å². The maximum Gasteiger partial charge on any atom is 0.328 e. The van der Waals surface area contributed by atoms with Crippen LogP contribution in [0.1, 0.15) is 75.9 Å². The van der Waals surface area contributed by atoms with Crippen LogP contribution >= 0.6 is 68.0 Å². The number of ketones is 3. The molecule has 90 heavy (non-hydrogen) atoms. The van der Waals surface area contributed by atoms with Crippen molar-refractivity contribution >= 4 is 152 Å². The van der Waals surface area contributed by atoms with E-state index in [2.05, 4.69) is 9.97 Å². The van der Waals surface area contributed by atoms with Crippen molar-refractivity contribution in [3.8, 4) is 51.7 Å². The third-order valence-electron chi connectivity index (χ3n) is 12.8. The van der Waals surface area contributed by atoms with Gasteiger partial charge in [0.1, 0.15) is 49.1 Å². The van der Waals surface area contributed by atoms with Crippen LogP contribution in [-0.4, -0.2) is 75.9 Å². The Morgan fingerprint density at radius 3 is 1.16 bits per heavy atom. The molecule has 6 heterocycles. The van der Waals surface area contributed by atoms with Gasteiger partial charge in [-0.2, -0.15) is 0 Å². The fourth-order valence-electron chi connectivity index (χ4n) is 8.61. The number of carboxylic acids is 3. The summed E-state index contributed by atoms with van der Waals surface area (Å²) in [7, 11) is 0. The highest BCUT2D eigenvalue weighted by Crippen LogP contribution is 2.46. The quantitative estimate of drug-likeness (QED) is 0.0344. The van der Waals surface area contributed by atoms with Crippen molar-refractivity contribution in [2.75, 3.05) is 0 Å². The Balaban J connectivity index is 0.000000148. The number of aliphatic carboxylic acids is 3. The molecule has 0 fully saturated rings. The number of carboxylic acid groups (broad SMARTS) is 3. The van der Waals surface area contributed by atoms with E-state index in [9.17, 15) is 44.1 Å². The molecule has 0 unspecified atom stereocenters. The molecule has 6 N–H and O–H groups in total. The first-order valence-electron chi connectivity index (χ1n) is 26.6. The van der Waals surface area contributed by atoms with E-state index >= 15 is 0 Å². The number of thiazole rings is 2. The fourth-order valence-corrected chi connectivity index (χ4v) is 14.2. The number of hydrogen-bond donors (Lipinski definition) is 6. The van der Waals surface area contributed by atoms with Gasteiger partial charge in [0, 0.05) is 76.2 Å². The summed E-state index contributed by atoms with van der Waals surface area (Å²) in [5, 5.41) is 60.9. The number of aromatic nitrogens is 2. The molecule has 17 nitrogen and oxygen atoms in total. The van der Waals surface area contributed by atoms with Crippen molar-refractivity contribution in [3.05, 3.63) is 231 Å². The second kappa shape index (κ2) is 27.7. The SMILES string of the molecule is Cc1cnc(C(=O)c2sc3cc(O)ccc3c2Oc2ccc(/C=C/C(=O)O)cc2)s1.Cc1ncc(C(=O)c2sc3cc(O)ccc3c2Oc2ccc(/C=C/C(=O)O)cc2)s1.Cc1sccc1C(=O)c1sc2cc(O)ccc2c1Oc1ccc(/C=C/C(=O)O)cc1. The zero-order chi connectivity index (χ0) is 63.8. The average molecular weight is 1310 g/mol. The molecule has 0 radical (unpaired) electrons. The Hall–Kier alpha value is -10.4. The molecule has 450 valence electrons. The molecule has 0 aliphatic carbocycles. The lowest BCUT2D eigenvalue weighted by Gasteiger charge is -2.08. The Morgan fingerprint density at radius 2 is 0.822 bits per heavy atom. The monoisotopic (exact) mass is 1310 g/mol. The molecule has 0 saturated heterocycles. The Morgan fingerprint density at radius 1 is 0.433 bits per heavy atom. The number of phenols is 3. The van der Waals surface area contributed by atoms with Crippen LogP contribution in [0, 0.1) is 20.8 Å². The molecule has 0 amide bonds. The van der Waals surface area contributed by atoms with Crippen molar-refractivity contribution in [3.63, 3.8) is 0 Å². The van der Waals surface area contributed by atoms with Crippen LogP contribution in [0.15, 0.2) is 169 Å². The topological polar surface area (TPSA) is 277 Å². The van der Waals surface area contributed by atoms with Gasteiger partial charge >= 0.3 is 17.9 Å². The molecule has 12 rings (SSSR count). The molecule has 6 aromatic carbocycles. The Kier molecular flexibility index (Phi) is 19.3. The fraction of sp³-hybridized carbons (Fsp3) is 0.0448. The van der Waals surface area contributed by atoms with Crippen LogP contribution in [0.2, 0.25) is 0 Å². The summed E-state index contributed by atoms with van der Waals surface area (Å²) in [5.41, 5.74) is 2.77. The first-order chi connectivity index (χ1) is 43.2. The number of aryl methyl sites for hydroxylation is 3. The lowest BCUT2D eigenvalue weighted by molar-refractivity contribution is -0.132. The predicted molar refractivity (Wildman–Crippen MR) is 353 cm³/mol. The van der Waals surface area contributed by atoms with Gasteiger partial charge in [0.05, 0.1) is 9.88 Å². The molecule has 0 bridgehead atoms. The normalized spacial score (nSPS) is 11.2. The van der Waals surface area contributed by atoms with Gasteiger partial charge in [-0.15, -0.1) is 68.0 Å². The zero-order valence-corrected chi connectivity index (χ0v) is 52.0. The van der Waals surface area contributed by atoms with Crippen LogP contribution in [0.3, 0.4) is 0 Å². The van der Waals surface area contributed by atoms with E-state index in [-0.39, 0.29) is 34.6 Å². The van der Waals surface area contributed by atoms with E-state index in [0.717, 1.165) is 63.4 Å². The second-order valence-corrected chi connectivity index (χ2v) is 26.0. The van der Waals surface area contributed by atoms with Gasteiger partial charge in [0.2, 0.25) is 17.3 Å². The number of nitrogens with zero attached hydrogens (tertiary/aromatic N) is 2. The molecule has 0 spiro atoms. The third-order valence-corrected chi connectivity index (χ3v) is 18.9. The lowest BCUT2D eigenvalue weighted by Crippen LogP contribution is -2.00. The zero-order valence-electron chi connectivity index (χ0n) is 47.1. The number of thiophene rings is 4. The molecule has 12 aromatic rings. The molecule has 0 aliphatic rings. The summed E-state index contributed by atoms with van der Waals surface area (Å²) in [6, 6.07) is 37.0. The average Bonchev–Trinajstić information content (AvgIpc) is 1.68. The van der Waals surface area contributed by atoms with Crippen LogP contribution in [0.25, 0.3) is 48.5 Å². The van der Waals surface area contributed by atoms with Crippen molar-refractivity contribution < 1.29 is 73.6 Å². The number of rotatable bonds is 18. The van der Waals surface area contributed by atoms with Gasteiger partial charge in [-0.05, 0) is 158 Å². The Bertz CT molecular complexity index is 4610. The maximum absolute atomic E-state index is 13.2. The molecule has 6 aromatic heterocycles. The number of aromatic hydroxyl groups is 3. The molecule has 23 heteroatoms. The largest absolute Gasteiger partial charge is 0.508 e. The van der Waals surface area contributed by atoms with Gasteiger partial charge in [0.25, 0.3) is 0 Å². The number of hydrogen-bond acceptors (Lipinski definition) is 20. The van der Waals surface area contributed by atoms with Crippen molar-refractivity contribution in [1.82, 2.24) is 9.97 Å². The van der Waals surface area contributed by atoms with Crippen LogP contribution in [-0.2, 0) is 14.4 Å². The molecule has 0 saturated carbocycles. The molecule has 0 atom stereocenters. The summed E-state index contributed by atoms with van der Waals surface area (Å²) in [6.45, 7) is 5.62. The summed E-state index contributed by atoms with van der Waals surface area (Å²) < 4.78 is 20.5. The van der Waals surface area contributed by atoms with E-state index in [1.165, 1.54) is 86.2 Å². The predicted octanol–water partition coefficient (Wildman–Crippen LogP) is 17.1. The molecule has 0 aliphatic heterocycles.